The Morgan fingerprint density at radius 3 is 2.53 bits per heavy atom. The van der Waals surface area contributed by atoms with Crippen molar-refractivity contribution in [3.63, 3.8) is 0 Å². The molecule has 4 rings (SSSR count). The summed E-state index contributed by atoms with van der Waals surface area (Å²) in [5.41, 5.74) is 0.851. The van der Waals surface area contributed by atoms with Crippen molar-refractivity contribution in [2.45, 2.75) is 76.4 Å². The van der Waals surface area contributed by atoms with Crippen LogP contribution in [-0.4, -0.2) is 67.9 Å². The van der Waals surface area contributed by atoms with Crippen molar-refractivity contribution < 1.29 is 47.0 Å². The van der Waals surface area contributed by atoms with E-state index in [0.29, 0.717) is 0 Å². The quantitative estimate of drug-likeness (QED) is 0.390. The summed E-state index contributed by atoms with van der Waals surface area (Å²) in [6, 6.07) is 9.20. The number of ether oxygens (including phenoxy) is 5. The Hall–Kier alpha value is -1.40. The van der Waals surface area contributed by atoms with E-state index in [2.05, 4.69) is 5.32 Å². The van der Waals surface area contributed by atoms with E-state index in [1.807, 2.05) is 30.3 Å². The lowest BCUT2D eigenvalue weighted by molar-refractivity contribution is -0.251. The molecule has 0 aromatic heterocycles. The summed E-state index contributed by atoms with van der Waals surface area (Å²) in [6.45, 7) is 6.81. The molecule has 0 radical (unpaired) electrons. The number of benzene rings is 1. The fraction of sp³-hybridized carbons (Fsp3) is 0.682. The van der Waals surface area contributed by atoms with Crippen LogP contribution in [0.4, 0.5) is 0 Å². The van der Waals surface area contributed by atoms with Gasteiger partial charge in [-0.3, -0.25) is 9.36 Å². The molecule has 0 spiro atoms. The summed E-state index contributed by atoms with van der Waals surface area (Å²) < 4.78 is 51.9. The Morgan fingerprint density at radius 1 is 1.12 bits per heavy atom. The summed E-state index contributed by atoms with van der Waals surface area (Å²) in [6.07, 6.45) is -3.91. The second-order valence-corrected chi connectivity index (χ2v) is 10.7. The summed E-state index contributed by atoms with van der Waals surface area (Å²) in [5, 5.41) is 2.62. The van der Waals surface area contributed by atoms with Gasteiger partial charge in [0.25, 0.3) is 7.82 Å². The molecule has 0 saturated carbocycles. The Labute approximate surface area is 198 Å². The highest BCUT2D eigenvalue weighted by Gasteiger charge is 2.59. The predicted octanol–water partition coefficient (Wildman–Crippen LogP) is 1.24. The van der Waals surface area contributed by atoms with Crippen LogP contribution in [0, 0.1) is 0 Å². The summed E-state index contributed by atoms with van der Waals surface area (Å²) >= 11 is 0. The Kier molecular flexibility index (Phi) is 7.50. The number of phosphoric acid groups is 1. The molecule has 3 heterocycles. The lowest BCUT2D eigenvalue weighted by atomic mass is 10.1. The van der Waals surface area contributed by atoms with Gasteiger partial charge in [-0.1, -0.05) is 30.3 Å². The Bertz CT molecular complexity index is 910. The number of hydrogen-bond acceptors (Lipinski definition) is 10. The van der Waals surface area contributed by atoms with Crippen molar-refractivity contribution >= 4 is 13.7 Å². The molecular formula is C22H31NO10P-. The monoisotopic (exact) mass is 500 g/mol. The van der Waals surface area contributed by atoms with Gasteiger partial charge in [0.15, 0.2) is 17.9 Å². The molecule has 0 bridgehead atoms. The van der Waals surface area contributed by atoms with Gasteiger partial charge < -0.3 is 42.9 Å². The standard InChI is InChI=1S/C22H32NO10P/c1-21(2)27-13-15(30-21)17-18(19-20(29-17)32-22(3,4)31-19)33-34(25,26)28-11-10-23-16(24)12-14-8-6-5-7-9-14/h5-9,15,17-20H,10-13H2,1-4H3,(H,23,24)(H,25,26)/p-1/t15-,17+,18-,19+,20+/m0/s1. The van der Waals surface area contributed by atoms with E-state index in [4.69, 9.17) is 32.7 Å². The van der Waals surface area contributed by atoms with Gasteiger partial charge in [0.1, 0.15) is 24.4 Å². The van der Waals surface area contributed by atoms with Gasteiger partial charge in [-0.05, 0) is 33.3 Å². The minimum absolute atomic E-state index is 0.00167. The molecule has 3 saturated heterocycles. The minimum Gasteiger partial charge on any atom is -0.756 e. The molecule has 0 aliphatic carbocycles. The topological polar surface area (TPSA) is 134 Å². The molecule has 1 N–H and O–H groups in total. The van der Waals surface area contributed by atoms with Gasteiger partial charge in [-0.2, -0.15) is 0 Å². The number of hydrogen-bond donors (Lipinski definition) is 1. The fourth-order valence-corrected chi connectivity index (χ4v) is 5.09. The highest BCUT2D eigenvalue weighted by molar-refractivity contribution is 7.45. The van der Waals surface area contributed by atoms with Gasteiger partial charge in [-0.25, -0.2) is 0 Å². The van der Waals surface area contributed by atoms with Crippen LogP contribution >= 0.6 is 7.82 Å². The van der Waals surface area contributed by atoms with E-state index in [9.17, 15) is 14.3 Å². The zero-order chi connectivity index (χ0) is 24.6. The number of carbonyl (C=O) groups excluding carboxylic acids is 1. The second kappa shape index (κ2) is 9.93. The van der Waals surface area contributed by atoms with Crippen molar-refractivity contribution in [2.24, 2.45) is 0 Å². The van der Waals surface area contributed by atoms with Crippen LogP contribution in [0.2, 0.25) is 0 Å². The molecule has 11 nitrogen and oxygen atoms in total. The molecule has 34 heavy (non-hydrogen) atoms. The molecule has 1 amide bonds. The fourth-order valence-electron chi connectivity index (χ4n) is 4.17. The third-order valence-electron chi connectivity index (χ3n) is 5.56. The Morgan fingerprint density at radius 2 is 1.85 bits per heavy atom. The maximum absolute atomic E-state index is 12.6. The van der Waals surface area contributed by atoms with Crippen molar-refractivity contribution in [1.82, 2.24) is 5.32 Å². The summed E-state index contributed by atoms with van der Waals surface area (Å²) in [5.74, 6) is -2.05. The van der Waals surface area contributed by atoms with E-state index in [1.165, 1.54) is 0 Å². The van der Waals surface area contributed by atoms with Crippen LogP contribution in [0.15, 0.2) is 30.3 Å². The summed E-state index contributed by atoms with van der Waals surface area (Å²) in [4.78, 5) is 24.6. The van der Waals surface area contributed by atoms with Crippen LogP contribution < -0.4 is 10.2 Å². The van der Waals surface area contributed by atoms with Gasteiger partial charge in [0, 0.05) is 6.54 Å². The number of fused-ring (bicyclic) bond motifs is 1. The average Bonchev–Trinajstić information content (AvgIpc) is 3.35. The molecule has 3 aliphatic heterocycles. The smallest absolute Gasteiger partial charge is 0.268 e. The first-order valence-corrected chi connectivity index (χ1v) is 12.7. The maximum Gasteiger partial charge on any atom is 0.268 e. The molecule has 3 aliphatic rings. The third-order valence-corrected chi connectivity index (χ3v) is 6.56. The van der Waals surface area contributed by atoms with E-state index < -0.39 is 50.1 Å². The zero-order valence-corrected chi connectivity index (χ0v) is 20.5. The van der Waals surface area contributed by atoms with Crippen molar-refractivity contribution in [1.29, 1.82) is 0 Å². The normalized spacial score (nSPS) is 33.4. The van der Waals surface area contributed by atoms with Gasteiger partial charge >= 0.3 is 0 Å². The zero-order valence-electron chi connectivity index (χ0n) is 19.6. The van der Waals surface area contributed by atoms with Gasteiger partial charge in [0.2, 0.25) is 5.91 Å². The number of amides is 1. The van der Waals surface area contributed by atoms with E-state index in [1.54, 1.807) is 27.7 Å². The maximum atomic E-state index is 12.6. The molecule has 6 atom stereocenters. The number of phosphoric ester groups is 1. The molecule has 3 fully saturated rings. The van der Waals surface area contributed by atoms with Crippen molar-refractivity contribution in [2.75, 3.05) is 19.8 Å². The largest absolute Gasteiger partial charge is 0.756 e. The van der Waals surface area contributed by atoms with E-state index in [0.717, 1.165) is 5.56 Å². The van der Waals surface area contributed by atoms with Crippen LogP contribution in [0.1, 0.15) is 33.3 Å². The van der Waals surface area contributed by atoms with Crippen LogP contribution in [-0.2, 0) is 48.5 Å². The number of carbonyl (C=O) groups is 1. The van der Waals surface area contributed by atoms with Crippen LogP contribution in [0.3, 0.4) is 0 Å². The first kappa shape index (κ1) is 25.7. The number of nitrogens with one attached hydrogen (secondary N) is 1. The van der Waals surface area contributed by atoms with Gasteiger partial charge in [-0.15, -0.1) is 0 Å². The van der Waals surface area contributed by atoms with Crippen molar-refractivity contribution in [3.8, 4) is 0 Å². The molecule has 190 valence electrons. The lowest BCUT2D eigenvalue weighted by Gasteiger charge is -2.33. The highest BCUT2D eigenvalue weighted by atomic mass is 31.2. The SMILES string of the molecule is CC1(C)O[C@H]2O[C@H]([C@@H]3COC(C)(C)O3)[C@H](OP(=O)([O-])OCCNC(=O)Cc3ccccc3)[C@H]2O1. The van der Waals surface area contributed by atoms with E-state index >= 15 is 0 Å². The van der Waals surface area contributed by atoms with Crippen molar-refractivity contribution in [3.05, 3.63) is 35.9 Å². The number of rotatable bonds is 9. The molecule has 1 aromatic carbocycles. The highest BCUT2D eigenvalue weighted by Crippen LogP contribution is 2.48. The average molecular weight is 500 g/mol. The Balaban J connectivity index is 1.31. The predicted molar refractivity (Wildman–Crippen MR) is 115 cm³/mol. The van der Waals surface area contributed by atoms with Gasteiger partial charge in [0.05, 0.1) is 19.6 Å². The molecule has 1 unspecified atom stereocenters. The molecule has 12 heteroatoms. The minimum atomic E-state index is -4.78. The van der Waals surface area contributed by atoms with Crippen LogP contribution in [0.5, 0.6) is 0 Å². The third kappa shape index (κ3) is 6.42. The lowest BCUT2D eigenvalue weighted by Crippen LogP contribution is -2.44. The summed E-state index contributed by atoms with van der Waals surface area (Å²) in [7, 11) is -4.78. The van der Waals surface area contributed by atoms with Crippen LogP contribution in [0.25, 0.3) is 0 Å². The molecule has 1 aromatic rings. The van der Waals surface area contributed by atoms with E-state index in [-0.39, 0.29) is 32.1 Å². The second-order valence-electron chi connectivity index (χ2n) is 9.30. The first-order valence-electron chi connectivity index (χ1n) is 11.2. The molecular weight excluding hydrogens is 469 g/mol. The first-order chi connectivity index (χ1) is 15.9.